The predicted octanol–water partition coefficient (Wildman–Crippen LogP) is 3.38. The lowest BCUT2D eigenvalue weighted by molar-refractivity contribution is 0.910. The molecule has 2 aromatic rings. The number of benzene rings is 2. The third kappa shape index (κ3) is 4.31. The zero-order valence-corrected chi connectivity index (χ0v) is 12.7. The Balaban J connectivity index is 1.75. The van der Waals surface area contributed by atoms with E-state index in [1.54, 1.807) is 0 Å². The molecular formula is C17H24N4. The molecule has 0 aliphatic rings. The summed E-state index contributed by atoms with van der Waals surface area (Å²) in [5.41, 5.74) is 17.9. The summed E-state index contributed by atoms with van der Waals surface area (Å²) in [6.45, 7) is 5.81. The number of nitrogens with one attached hydrogen (secondary N) is 2. The molecule has 0 aliphatic heterocycles. The van der Waals surface area contributed by atoms with E-state index in [0.29, 0.717) is 0 Å². The first kappa shape index (κ1) is 15.0. The van der Waals surface area contributed by atoms with E-state index in [-0.39, 0.29) is 0 Å². The van der Waals surface area contributed by atoms with Gasteiger partial charge in [0.25, 0.3) is 0 Å². The zero-order valence-electron chi connectivity index (χ0n) is 12.7. The molecule has 0 saturated carbocycles. The van der Waals surface area contributed by atoms with Crippen LogP contribution in [0.4, 0.5) is 22.7 Å². The van der Waals surface area contributed by atoms with Crippen molar-refractivity contribution in [2.45, 2.75) is 20.3 Å². The summed E-state index contributed by atoms with van der Waals surface area (Å²) in [6, 6.07) is 12.1. The van der Waals surface area contributed by atoms with Gasteiger partial charge in [-0.1, -0.05) is 12.1 Å². The lowest BCUT2D eigenvalue weighted by Crippen LogP contribution is -2.11. The fourth-order valence-corrected chi connectivity index (χ4v) is 2.22. The summed E-state index contributed by atoms with van der Waals surface area (Å²) in [6.07, 6.45) is 0.987. The van der Waals surface area contributed by atoms with Gasteiger partial charge in [-0.2, -0.15) is 0 Å². The van der Waals surface area contributed by atoms with Crippen LogP contribution in [0.1, 0.15) is 17.5 Å². The maximum absolute atomic E-state index is 5.97. The van der Waals surface area contributed by atoms with Gasteiger partial charge in [-0.25, -0.2) is 0 Å². The zero-order chi connectivity index (χ0) is 15.2. The van der Waals surface area contributed by atoms with E-state index in [9.17, 15) is 0 Å². The van der Waals surface area contributed by atoms with Gasteiger partial charge >= 0.3 is 0 Å². The Bertz CT molecular complexity index is 554. The van der Waals surface area contributed by atoms with Crippen LogP contribution in [0.25, 0.3) is 0 Å². The number of nitrogen functional groups attached to an aromatic ring is 2. The Morgan fingerprint density at radius 1 is 0.762 bits per heavy atom. The number of aryl methyl sites for hydroxylation is 2. The van der Waals surface area contributed by atoms with Crippen LogP contribution < -0.4 is 22.1 Å². The Morgan fingerprint density at radius 2 is 1.19 bits per heavy atom. The molecule has 0 atom stereocenters. The number of rotatable bonds is 6. The Labute approximate surface area is 126 Å². The van der Waals surface area contributed by atoms with Crippen molar-refractivity contribution < 1.29 is 0 Å². The highest BCUT2D eigenvalue weighted by Crippen LogP contribution is 2.20. The van der Waals surface area contributed by atoms with Gasteiger partial charge in [0.1, 0.15) is 0 Å². The molecule has 0 bridgehead atoms. The maximum atomic E-state index is 5.97. The normalized spacial score (nSPS) is 10.4. The molecule has 6 N–H and O–H groups in total. The Morgan fingerprint density at radius 3 is 1.57 bits per heavy atom. The minimum Gasteiger partial charge on any atom is -0.397 e. The summed E-state index contributed by atoms with van der Waals surface area (Å²) in [5, 5.41) is 6.71. The van der Waals surface area contributed by atoms with Gasteiger partial charge in [-0.3, -0.25) is 0 Å². The highest BCUT2D eigenvalue weighted by atomic mass is 14.9. The van der Waals surface area contributed by atoms with E-state index in [4.69, 9.17) is 11.5 Å². The minimum atomic E-state index is 0.797. The lowest BCUT2D eigenvalue weighted by Gasteiger charge is -2.12. The van der Waals surface area contributed by atoms with E-state index in [2.05, 4.69) is 22.8 Å². The van der Waals surface area contributed by atoms with Crippen molar-refractivity contribution in [3.63, 3.8) is 0 Å². The summed E-state index contributed by atoms with van der Waals surface area (Å²) >= 11 is 0. The van der Waals surface area contributed by atoms with Gasteiger partial charge in [0.2, 0.25) is 0 Å². The smallest absolute Gasteiger partial charge is 0.0574 e. The number of hydrogen-bond donors (Lipinski definition) is 4. The van der Waals surface area contributed by atoms with E-state index >= 15 is 0 Å². The molecule has 0 spiro atoms. The van der Waals surface area contributed by atoms with Gasteiger partial charge in [0.15, 0.2) is 0 Å². The average molecular weight is 284 g/mol. The summed E-state index contributed by atoms with van der Waals surface area (Å²) < 4.78 is 0. The van der Waals surface area contributed by atoms with Crippen LogP contribution in [-0.2, 0) is 0 Å². The second-order valence-electron chi connectivity index (χ2n) is 5.39. The molecule has 0 aliphatic carbocycles. The lowest BCUT2D eigenvalue weighted by atomic mass is 10.2. The molecule has 0 radical (unpaired) electrons. The molecule has 4 nitrogen and oxygen atoms in total. The SMILES string of the molecule is Cc1ccc(NCCCNc2ccc(C)cc2N)c(N)c1. The minimum absolute atomic E-state index is 0.797. The molecule has 0 saturated heterocycles. The maximum Gasteiger partial charge on any atom is 0.0574 e. The van der Waals surface area contributed by atoms with Crippen molar-refractivity contribution in [1.29, 1.82) is 0 Å². The summed E-state index contributed by atoms with van der Waals surface area (Å²) in [5.74, 6) is 0. The van der Waals surface area contributed by atoms with E-state index in [1.807, 2.05) is 38.1 Å². The van der Waals surface area contributed by atoms with Crippen molar-refractivity contribution in [1.82, 2.24) is 0 Å². The van der Waals surface area contributed by atoms with Crippen molar-refractivity contribution >= 4 is 22.7 Å². The largest absolute Gasteiger partial charge is 0.397 e. The Hall–Kier alpha value is -2.36. The highest BCUT2D eigenvalue weighted by molar-refractivity contribution is 5.67. The third-order valence-corrected chi connectivity index (χ3v) is 3.40. The Kier molecular flexibility index (Phi) is 4.93. The second-order valence-corrected chi connectivity index (χ2v) is 5.39. The number of hydrogen-bond acceptors (Lipinski definition) is 4. The molecule has 0 heterocycles. The molecular weight excluding hydrogens is 260 g/mol. The average Bonchev–Trinajstić information content (AvgIpc) is 2.42. The van der Waals surface area contributed by atoms with E-state index in [1.165, 1.54) is 11.1 Å². The standard InChI is InChI=1S/C17H24N4/c1-12-4-6-16(14(18)10-12)20-8-3-9-21-17-7-5-13(2)11-15(17)19/h4-7,10-11,20-21H,3,8-9,18-19H2,1-2H3. The van der Waals surface area contributed by atoms with Gasteiger partial charge in [-0.05, 0) is 55.7 Å². The molecule has 2 rings (SSSR count). The third-order valence-electron chi connectivity index (χ3n) is 3.40. The van der Waals surface area contributed by atoms with E-state index in [0.717, 1.165) is 42.3 Å². The van der Waals surface area contributed by atoms with Crippen molar-refractivity contribution in [3.05, 3.63) is 47.5 Å². The topological polar surface area (TPSA) is 76.1 Å². The first-order valence-corrected chi connectivity index (χ1v) is 7.26. The van der Waals surface area contributed by atoms with Crippen molar-refractivity contribution in [2.75, 3.05) is 35.2 Å². The van der Waals surface area contributed by atoms with Crippen LogP contribution in [0.15, 0.2) is 36.4 Å². The molecule has 0 amide bonds. The molecule has 0 fully saturated rings. The molecule has 0 unspecified atom stereocenters. The van der Waals surface area contributed by atoms with Gasteiger partial charge in [0, 0.05) is 13.1 Å². The van der Waals surface area contributed by atoms with Crippen LogP contribution in [0, 0.1) is 13.8 Å². The molecule has 4 heteroatoms. The highest BCUT2D eigenvalue weighted by Gasteiger charge is 2.00. The predicted molar refractivity (Wildman–Crippen MR) is 92.8 cm³/mol. The molecule has 112 valence electrons. The van der Waals surface area contributed by atoms with Gasteiger partial charge in [0.05, 0.1) is 22.7 Å². The van der Waals surface area contributed by atoms with Crippen molar-refractivity contribution in [2.24, 2.45) is 0 Å². The van der Waals surface area contributed by atoms with Crippen LogP contribution in [0.3, 0.4) is 0 Å². The summed E-state index contributed by atoms with van der Waals surface area (Å²) in [4.78, 5) is 0. The number of nitrogens with two attached hydrogens (primary N) is 2. The van der Waals surface area contributed by atoms with Crippen LogP contribution in [-0.4, -0.2) is 13.1 Å². The number of anilines is 4. The first-order chi connectivity index (χ1) is 10.1. The van der Waals surface area contributed by atoms with E-state index < -0.39 is 0 Å². The fraction of sp³-hybridized carbons (Fsp3) is 0.294. The summed E-state index contributed by atoms with van der Waals surface area (Å²) in [7, 11) is 0. The second kappa shape index (κ2) is 6.88. The van der Waals surface area contributed by atoms with Crippen LogP contribution in [0.5, 0.6) is 0 Å². The van der Waals surface area contributed by atoms with Gasteiger partial charge in [-0.15, -0.1) is 0 Å². The monoisotopic (exact) mass is 284 g/mol. The van der Waals surface area contributed by atoms with Crippen molar-refractivity contribution in [3.8, 4) is 0 Å². The van der Waals surface area contributed by atoms with Crippen LogP contribution in [0.2, 0.25) is 0 Å². The van der Waals surface area contributed by atoms with Gasteiger partial charge < -0.3 is 22.1 Å². The first-order valence-electron chi connectivity index (χ1n) is 7.26. The van der Waals surface area contributed by atoms with Crippen LogP contribution >= 0.6 is 0 Å². The molecule has 2 aromatic carbocycles. The quantitative estimate of drug-likeness (QED) is 0.484. The molecule has 21 heavy (non-hydrogen) atoms. The fourth-order valence-electron chi connectivity index (χ4n) is 2.22. The molecule has 0 aromatic heterocycles.